The van der Waals surface area contributed by atoms with E-state index < -0.39 is 11.6 Å². The predicted octanol–water partition coefficient (Wildman–Crippen LogP) is 0.263. The maximum atomic E-state index is 11.7. The number of carbonyl (C=O) groups is 2. The number of carbonyl (C=O) groups excluding carboxylic acids is 1. The van der Waals surface area contributed by atoms with E-state index in [4.69, 9.17) is 5.11 Å². The Morgan fingerprint density at radius 1 is 1.53 bits per heavy atom. The Bertz CT molecular complexity index is 304. The largest absolute Gasteiger partial charge is 0.481 e. The summed E-state index contributed by atoms with van der Waals surface area (Å²) in [6.45, 7) is 4.85. The lowest BCUT2D eigenvalue weighted by atomic mass is 10.0. The number of nitrogens with zero attached hydrogens (tertiary/aromatic N) is 1. The van der Waals surface area contributed by atoms with Crippen LogP contribution in [0.3, 0.4) is 0 Å². The maximum Gasteiger partial charge on any atom is 0.317 e. The van der Waals surface area contributed by atoms with Crippen molar-refractivity contribution in [1.82, 2.24) is 10.2 Å². The first kappa shape index (κ1) is 13.8. The first-order chi connectivity index (χ1) is 7.80. The fourth-order valence-electron chi connectivity index (χ4n) is 1.89. The molecule has 98 valence electrons. The Hall–Kier alpha value is -1.30. The van der Waals surface area contributed by atoms with Gasteiger partial charge >= 0.3 is 12.0 Å². The highest BCUT2D eigenvalue weighted by molar-refractivity contribution is 5.74. The van der Waals surface area contributed by atoms with Gasteiger partial charge in [0.25, 0.3) is 0 Å². The van der Waals surface area contributed by atoms with Crippen LogP contribution in [0.1, 0.15) is 26.7 Å². The van der Waals surface area contributed by atoms with Crippen molar-refractivity contribution in [2.24, 2.45) is 5.92 Å². The average molecular weight is 244 g/mol. The Labute approximate surface area is 101 Å². The zero-order valence-electron chi connectivity index (χ0n) is 10.3. The number of hydrogen-bond acceptors (Lipinski definition) is 3. The highest BCUT2D eigenvalue weighted by atomic mass is 16.4. The van der Waals surface area contributed by atoms with E-state index in [1.807, 2.05) is 0 Å². The molecule has 2 amide bonds. The van der Waals surface area contributed by atoms with Crippen molar-refractivity contribution in [2.75, 3.05) is 19.6 Å². The van der Waals surface area contributed by atoms with Crippen molar-refractivity contribution in [3.63, 3.8) is 0 Å². The van der Waals surface area contributed by atoms with Crippen molar-refractivity contribution >= 4 is 12.0 Å². The summed E-state index contributed by atoms with van der Waals surface area (Å²) in [6, 6.07) is -0.236. The minimum Gasteiger partial charge on any atom is -0.481 e. The van der Waals surface area contributed by atoms with Gasteiger partial charge in [0.05, 0.1) is 12.0 Å². The molecule has 0 bridgehead atoms. The van der Waals surface area contributed by atoms with Crippen molar-refractivity contribution in [2.45, 2.75) is 32.3 Å². The predicted molar refractivity (Wildman–Crippen MR) is 61.6 cm³/mol. The molecule has 1 fully saturated rings. The summed E-state index contributed by atoms with van der Waals surface area (Å²) in [4.78, 5) is 23.8. The Kier molecular flexibility index (Phi) is 4.34. The van der Waals surface area contributed by atoms with Gasteiger partial charge in [0.15, 0.2) is 0 Å². The van der Waals surface area contributed by atoms with Gasteiger partial charge in [0, 0.05) is 19.6 Å². The molecule has 2 atom stereocenters. The topological polar surface area (TPSA) is 89.9 Å². The fraction of sp³-hybridized carbons (Fsp3) is 0.818. The molecule has 0 aromatic heterocycles. The van der Waals surface area contributed by atoms with Gasteiger partial charge in [-0.15, -0.1) is 0 Å². The number of urea groups is 1. The van der Waals surface area contributed by atoms with Crippen LogP contribution in [0.15, 0.2) is 0 Å². The summed E-state index contributed by atoms with van der Waals surface area (Å²) >= 11 is 0. The molecular formula is C11H20N2O4. The SMILES string of the molecule is CC1CCN(C(=O)NCC(C)(O)CC(=O)O)C1. The maximum absolute atomic E-state index is 11.7. The van der Waals surface area contributed by atoms with E-state index in [2.05, 4.69) is 12.2 Å². The van der Waals surface area contributed by atoms with Gasteiger partial charge in [-0.25, -0.2) is 4.79 Å². The summed E-state index contributed by atoms with van der Waals surface area (Å²) in [6.07, 6.45) is 0.600. The van der Waals surface area contributed by atoms with Crippen LogP contribution in [-0.2, 0) is 4.79 Å². The molecule has 0 aliphatic carbocycles. The van der Waals surface area contributed by atoms with Gasteiger partial charge in [-0.2, -0.15) is 0 Å². The second-order valence-electron chi connectivity index (χ2n) is 5.07. The van der Waals surface area contributed by atoms with E-state index in [9.17, 15) is 14.7 Å². The number of carboxylic acid groups (broad SMARTS) is 1. The first-order valence-electron chi connectivity index (χ1n) is 5.77. The second-order valence-corrected chi connectivity index (χ2v) is 5.07. The van der Waals surface area contributed by atoms with Crippen molar-refractivity contribution < 1.29 is 19.8 Å². The number of likely N-dealkylation sites (tertiary alicyclic amines) is 1. The molecule has 0 aromatic carbocycles. The van der Waals surface area contributed by atoms with E-state index in [-0.39, 0.29) is 19.0 Å². The number of carboxylic acids is 1. The smallest absolute Gasteiger partial charge is 0.317 e. The van der Waals surface area contributed by atoms with Gasteiger partial charge in [-0.05, 0) is 19.3 Å². The van der Waals surface area contributed by atoms with Crippen LogP contribution in [0, 0.1) is 5.92 Å². The van der Waals surface area contributed by atoms with E-state index >= 15 is 0 Å². The molecule has 1 aliphatic heterocycles. The van der Waals surface area contributed by atoms with E-state index in [1.165, 1.54) is 6.92 Å². The molecular weight excluding hydrogens is 224 g/mol. The molecule has 1 rings (SSSR count). The van der Waals surface area contributed by atoms with Crippen LogP contribution >= 0.6 is 0 Å². The van der Waals surface area contributed by atoms with Crippen LogP contribution in [0.25, 0.3) is 0 Å². The third kappa shape index (κ3) is 4.60. The average Bonchev–Trinajstić information content (AvgIpc) is 2.59. The lowest BCUT2D eigenvalue weighted by Crippen LogP contribution is -2.46. The molecule has 0 aromatic rings. The molecule has 1 aliphatic rings. The molecule has 2 unspecified atom stereocenters. The molecule has 3 N–H and O–H groups in total. The normalized spacial score (nSPS) is 23.2. The van der Waals surface area contributed by atoms with Crippen LogP contribution in [-0.4, -0.2) is 52.3 Å². The number of rotatable bonds is 4. The molecule has 0 saturated carbocycles. The van der Waals surface area contributed by atoms with Crippen LogP contribution in [0.4, 0.5) is 4.79 Å². The van der Waals surface area contributed by atoms with Gasteiger partial charge in [-0.1, -0.05) is 6.92 Å². The number of aliphatic carboxylic acids is 1. The number of aliphatic hydroxyl groups is 1. The van der Waals surface area contributed by atoms with Crippen molar-refractivity contribution in [1.29, 1.82) is 0 Å². The zero-order valence-corrected chi connectivity index (χ0v) is 10.3. The summed E-state index contributed by atoms with van der Waals surface area (Å²) in [5, 5.41) is 20.9. The van der Waals surface area contributed by atoms with Gasteiger partial charge in [-0.3, -0.25) is 4.79 Å². The molecule has 0 spiro atoms. The van der Waals surface area contributed by atoms with Gasteiger partial charge < -0.3 is 20.4 Å². The van der Waals surface area contributed by atoms with E-state index in [0.717, 1.165) is 6.42 Å². The van der Waals surface area contributed by atoms with Crippen LogP contribution in [0.2, 0.25) is 0 Å². The highest BCUT2D eigenvalue weighted by Crippen LogP contribution is 2.15. The third-order valence-corrected chi connectivity index (χ3v) is 2.86. The van der Waals surface area contributed by atoms with Gasteiger partial charge in [0.2, 0.25) is 0 Å². The monoisotopic (exact) mass is 244 g/mol. The molecule has 1 saturated heterocycles. The zero-order chi connectivity index (χ0) is 13.1. The second kappa shape index (κ2) is 5.35. The quantitative estimate of drug-likeness (QED) is 0.662. The fourth-order valence-corrected chi connectivity index (χ4v) is 1.89. The minimum atomic E-state index is -1.41. The van der Waals surface area contributed by atoms with Gasteiger partial charge in [0.1, 0.15) is 0 Å². The lowest BCUT2D eigenvalue weighted by Gasteiger charge is -2.24. The summed E-state index contributed by atoms with van der Waals surface area (Å²) in [7, 11) is 0. The Morgan fingerprint density at radius 2 is 2.18 bits per heavy atom. The van der Waals surface area contributed by atoms with Crippen LogP contribution < -0.4 is 5.32 Å². The summed E-state index contributed by atoms with van der Waals surface area (Å²) < 4.78 is 0. The summed E-state index contributed by atoms with van der Waals surface area (Å²) in [5.41, 5.74) is -1.41. The van der Waals surface area contributed by atoms with E-state index in [0.29, 0.717) is 19.0 Å². The minimum absolute atomic E-state index is 0.0526. The summed E-state index contributed by atoms with van der Waals surface area (Å²) in [5.74, 6) is -0.584. The number of hydrogen-bond donors (Lipinski definition) is 3. The molecule has 6 heteroatoms. The molecule has 0 radical (unpaired) electrons. The lowest BCUT2D eigenvalue weighted by molar-refractivity contribution is -0.141. The van der Waals surface area contributed by atoms with Crippen molar-refractivity contribution in [3.05, 3.63) is 0 Å². The Morgan fingerprint density at radius 3 is 2.65 bits per heavy atom. The molecule has 1 heterocycles. The number of nitrogens with one attached hydrogen (secondary N) is 1. The van der Waals surface area contributed by atoms with E-state index in [1.54, 1.807) is 4.90 Å². The number of amides is 2. The van der Waals surface area contributed by atoms with Crippen molar-refractivity contribution in [3.8, 4) is 0 Å². The molecule has 6 nitrogen and oxygen atoms in total. The van der Waals surface area contributed by atoms with Crippen LogP contribution in [0.5, 0.6) is 0 Å². The Balaban J connectivity index is 2.34. The first-order valence-corrected chi connectivity index (χ1v) is 5.77. The standard InChI is InChI=1S/C11H20N2O4/c1-8-3-4-13(6-8)10(16)12-7-11(2,17)5-9(14)15/h8,17H,3-7H2,1-2H3,(H,12,16)(H,14,15). The molecule has 17 heavy (non-hydrogen) atoms. The third-order valence-electron chi connectivity index (χ3n) is 2.86. The highest BCUT2D eigenvalue weighted by Gasteiger charge is 2.27.